The number of fused-ring (bicyclic) bond motifs is 1. The number of hydrogen-bond donors (Lipinski definition) is 1. The zero-order chi connectivity index (χ0) is 33.8. The van der Waals surface area contributed by atoms with E-state index in [1.807, 2.05) is 0 Å². The molecule has 244 valence electrons. The van der Waals surface area contributed by atoms with Crippen LogP contribution in [0.4, 0.5) is 0 Å². The van der Waals surface area contributed by atoms with Crippen LogP contribution >= 0.6 is 11.6 Å². The van der Waals surface area contributed by atoms with Crippen molar-refractivity contribution in [1.29, 1.82) is 0 Å². The number of aryl methyl sites for hydroxylation is 1. The molecule has 0 radical (unpaired) electrons. The summed E-state index contributed by atoms with van der Waals surface area (Å²) in [5.74, 6) is -1.41. The monoisotopic (exact) mass is 662 g/mol. The van der Waals surface area contributed by atoms with Gasteiger partial charge in [-0.15, -0.1) is 0 Å². The Morgan fingerprint density at radius 1 is 1.00 bits per heavy atom. The first-order chi connectivity index (χ1) is 22.5. The van der Waals surface area contributed by atoms with E-state index in [1.54, 1.807) is 42.5 Å². The molecule has 3 heterocycles. The van der Waals surface area contributed by atoms with Crippen molar-refractivity contribution in [2.24, 2.45) is 0 Å². The lowest BCUT2D eigenvalue weighted by Crippen LogP contribution is -2.31. The molecule has 1 N–H and O–H groups in total. The van der Waals surface area contributed by atoms with E-state index in [4.69, 9.17) is 34.6 Å². The highest BCUT2D eigenvalue weighted by Crippen LogP contribution is 2.34. The molecule has 5 rings (SSSR count). The molecule has 2 aromatic carbocycles. The number of aromatic amines is 1. The van der Waals surface area contributed by atoms with Gasteiger partial charge in [0.25, 0.3) is 5.56 Å². The van der Waals surface area contributed by atoms with E-state index in [2.05, 4.69) is 4.98 Å². The molecular weight excluding hydrogens is 632 g/mol. The second-order valence-corrected chi connectivity index (χ2v) is 11.2. The van der Waals surface area contributed by atoms with Crippen LogP contribution in [0.5, 0.6) is 5.75 Å². The number of carbonyl (C=O) groups excluding carboxylic acids is 3. The minimum Gasteiger partial charge on any atom is -0.495 e. The number of benzene rings is 2. The fraction of sp³-hybridized carbons (Fsp3) is 0.265. The molecule has 0 fully saturated rings. The number of carbonyl (C=O) groups is 3. The van der Waals surface area contributed by atoms with Crippen molar-refractivity contribution in [1.82, 2.24) is 9.55 Å². The Balaban J connectivity index is 1.40. The molecule has 0 aliphatic rings. The summed E-state index contributed by atoms with van der Waals surface area (Å²) >= 11 is 6.23. The average molecular weight is 663 g/mol. The van der Waals surface area contributed by atoms with Gasteiger partial charge in [-0.1, -0.05) is 17.7 Å². The molecule has 1 atom stereocenters. The number of pyridine rings is 1. The zero-order valence-corrected chi connectivity index (χ0v) is 26.8. The molecule has 0 spiro atoms. The maximum Gasteiger partial charge on any atom is 0.519 e. The van der Waals surface area contributed by atoms with Gasteiger partial charge in [0.2, 0.25) is 0 Å². The summed E-state index contributed by atoms with van der Waals surface area (Å²) in [7, 11) is 2.94. The van der Waals surface area contributed by atoms with Gasteiger partial charge in [-0.05, 0) is 67.8 Å². The van der Waals surface area contributed by atoms with Crippen LogP contribution in [0.1, 0.15) is 57.3 Å². The standard InChI is InChI=1S/C34H31ClN2O10/c1-18(38)23-7-6-22(35)14-24(23)25-15-32(40)37(16-30(25)44-4)28(9-10-43-3)29(39)12-20-5-8-26-21(11-20)13-27(36-26)33(41)45-17-31-19(2)46-34(42)47-31/h5-8,11,13-16,28,36H,9-10,12,17H2,1-4H3/t28-/m1/s1. The Hall–Kier alpha value is -5.20. The number of Topliss-reactive ketones (excluding diaryl/α,β-unsaturated/α-hetero) is 2. The van der Waals surface area contributed by atoms with Crippen molar-refractivity contribution >= 4 is 40.0 Å². The summed E-state index contributed by atoms with van der Waals surface area (Å²) in [5, 5.41) is 1.04. The van der Waals surface area contributed by atoms with Gasteiger partial charge in [0, 0.05) is 53.3 Å². The van der Waals surface area contributed by atoms with Crippen molar-refractivity contribution in [3.05, 3.63) is 109 Å². The van der Waals surface area contributed by atoms with Gasteiger partial charge in [-0.25, -0.2) is 9.59 Å². The van der Waals surface area contributed by atoms with E-state index in [0.717, 1.165) is 0 Å². The maximum atomic E-state index is 13.8. The highest BCUT2D eigenvalue weighted by molar-refractivity contribution is 6.31. The summed E-state index contributed by atoms with van der Waals surface area (Å²) in [6.07, 6.45) is 1.66. The molecule has 13 heteroatoms. The van der Waals surface area contributed by atoms with Crippen molar-refractivity contribution < 1.29 is 37.4 Å². The van der Waals surface area contributed by atoms with E-state index in [-0.39, 0.29) is 60.6 Å². The lowest BCUT2D eigenvalue weighted by atomic mass is 9.96. The Morgan fingerprint density at radius 2 is 1.79 bits per heavy atom. The van der Waals surface area contributed by atoms with Crippen molar-refractivity contribution in [2.45, 2.75) is 39.3 Å². The average Bonchev–Trinajstić information content (AvgIpc) is 3.61. The molecular formula is C34H31ClN2O10. The normalized spacial score (nSPS) is 11.9. The minimum atomic E-state index is -0.893. The molecule has 0 bridgehead atoms. The third-order valence-corrected chi connectivity index (χ3v) is 7.91. The first-order valence-electron chi connectivity index (χ1n) is 14.5. The van der Waals surface area contributed by atoms with Crippen LogP contribution in [0.2, 0.25) is 5.02 Å². The van der Waals surface area contributed by atoms with Gasteiger partial charge in [-0.2, -0.15) is 0 Å². The Kier molecular flexibility index (Phi) is 9.92. The first-order valence-corrected chi connectivity index (χ1v) is 14.9. The highest BCUT2D eigenvalue weighted by Gasteiger charge is 2.25. The molecule has 0 amide bonds. The number of ether oxygens (including phenoxy) is 3. The number of rotatable bonds is 13. The molecule has 0 saturated carbocycles. The quantitative estimate of drug-likeness (QED) is 0.127. The minimum absolute atomic E-state index is 0.0205. The number of halogens is 1. The highest BCUT2D eigenvalue weighted by atomic mass is 35.5. The topological polar surface area (TPSA) is 160 Å². The Morgan fingerprint density at radius 3 is 2.47 bits per heavy atom. The molecule has 47 heavy (non-hydrogen) atoms. The lowest BCUT2D eigenvalue weighted by molar-refractivity contribution is -0.122. The number of nitrogens with zero attached hydrogens (tertiary/aromatic N) is 1. The SMILES string of the molecule is COCC[C@H](C(=O)Cc1ccc2[nH]c(C(=O)OCc3oc(=O)oc3C)cc2c1)n1cc(OC)c(-c2cc(Cl)ccc2C(C)=O)cc1=O. The lowest BCUT2D eigenvalue weighted by Gasteiger charge is -2.21. The van der Waals surface area contributed by atoms with Crippen LogP contribution in [0.25, 0.3) is 22.0 Å². The zero-order valence-electron chi connectivity index (χ0n) is 26.0. The van der Waals surface area contributed by atoms with E-state index < -0.39 is 23.4 Å². The van der Waals surface area contributed by atoms with Gasteiger partial charge >= 0.3 is 11.8 Å². The third kappa shape index (κ3) is 7.29. The second kappa shape index (κ2) is 14.1. The Labute approximate surface area is 272 Å². The van der Waals surface area contributed by atoms with Gasteiger partial charge in [-0.3, -0.25) is 14.4 Å². The number of nitrogens with one attached hydrogen (secondary N) is 1. The summed E-state index contributed by atoms with van der Waals surface area (Å²) in [4.78, 5) is 66.5. The fourth-order valence-corrected chi connectivity index (χ4v) is 5.48. The van der Waals surface area contributed by atoms with E-state index in [0.29, 0.717) is 38.2 Å². The van der Waals surface area contributed by atoms with Gasteiger partial charge in [0.1, 0.15) is 11.4 Å². The summed E-state index contributed by atoms with van der Waals surface area (Å²) < 4.78 is 27.1. The largest absolute Gasteiger partial charge is 0.519 e. The summed E-state index contributed by atoms with van der Waals surface area (Å²) in [5.41, 5.74) is 2.16. The van der Waals surface area contributed by atoms with Gasteiger partial charge < -0.3 is 32.6 Å². The van der Waals surface area contributed by atoms with Crippen molar-refractivity contribution in [2.75, 3.05) is 20.8 Å². The van der Waals surface area contributed by atoms with Crippen molar-refractivity contribution in [3.63, 3.8) is 0 Å². The molecule has 0 aliphatic carbocycles. The van der Waals surface area contributed by atoms with Gasteiger partial charge in [0.05, 0.1) is 19.3 Å². The molecule has 12 nitrogen and oxygen atoms in total. The second-order valence-electron chi connectivity index (χ2n) is 10.8. The number of ketones is 2. The van der Waals surface area contributed by atoms with Crippen molar-refractivity contribution in [3.8, 4) is 16.9 Å². The van der Waals surface area contributed by atoms with Crippen LogP contribution < -0.4 is 16.1 Å². The van der Waals surface area contributed by atoms with Crippen LogP contribution in [0.15, 0.2) is 73.2 Å². The van der Waals surface area contributed by atoms with Crippen LogP contribution in [0, 0.1) is 6.92 Å². The number of esters is 1. The summed E-state index contributed by atoms with van der Waals surface area (Å²) in [6, 6.07) is 12.1. The smallest absolute Gasteiger partial charge is 0.495 e. The number of aromatic nitrogens is 2. The van der Waals surface area contributed by atoms with E-state index >= 15 is 0 Å². The number of hydrogen-bond acceptors (Lipinski definition) is 10. The molecule has 0 aliphatic heterocycles. The third-order valence-electron chi connectivity index (χ3n) is 7.67. The van der Waals surface area contributed by atoms with Crippen LogP contribution in [-0.4, -0.2) is 47.9 Å². The van der Waals surface area contributed by atoms with Crippen LogP contribution in [0.3, 0.4) is 0 Å². The number of methoxy groups -OCH3 is 2. The number of H-pyrrole nitrogens is 1. The predicted molar refractivity (Wildman–Crippen MR) is 171 cm³/mol. The van der Waals surface area contributed by atoms with E-state index in [1.165, 1.54) is 44.9 Å². The molecule has 3 aromatic heterocycles. The maximum absolute atomic E-state index is 13.8. The molecule has 0 unspecified atom stereocenters. The Bertz CT molecular complexity index is 2100. The molecule has 5 aromatic rings. The first kappa shape index (κ1) is 33.2. The summed E-state index contributed by atoms with van der Waals surface area (Å²) in [6.45, 7) is 2.87. The predicted octanol–water partition coefficient (Wildman–Crippen LogP) is 5.46. The molecule has 0 saturated heterocycles. The van der Waals surface area contributed by atoms with E-state index in [9.17, 15) is 24.0 Å². The van der Waals surface area contributed by atoms with Gasteiger partial charge in [0.15, 0.2) is 29.7 Å². The fourth-order valence-electron chi connectivity index (χ4n) is 5.31. The van der Waals surface area contributed by atoms with Crippen LogP contribution in [-0.2, 0) is 27.3 Å².